The largest absolute Gasteiger partial charge is 0.291 e. The highest BCUT2D eigenvalue weighted by atomic mass is 35.5. The van der Waals surface area contributed by atoms with E-state index in [1.165, 1.54) is 23.6 Å². The standard InChI is InChI=1S/C10H6Cl2N2O2S/c11-6-3-10(16)14(13-4-6)5-7(15)8-1-2-9(12)17-8/h1-4H,5H2. The van der Waals surface area contributed by atoms with Crippen LogP contribution in [-0.2, 0) is 6.54 Å². The van der Waals surface area contributed by atoms with Crippen molar-refractivity contribution in [2.75, 3.05) is 0 Å². The van der Waals surface area contributed by atoms with E-state index in [1.54, 1.807) is 12.1 Å². The van der Waals surface area contributed by atoms with Crippen LogP contribution >= 0.6 is 34.5 Å². The smallest absolute Gasteiger partial charge is 0.268 e. The number of aromatic nitrogens is 2. The average molecular weight is 289 g/mol. The van der Waals surface area contributed by atoms with Crippen molar-refractivity contribution in [2.45, 2.75) is 6.54 Å². The van der Waals surface area contributed by atoms with Crippen molar-refractivity contribution in [2.24, 2.45) is 0 Å². The van der Waals surface area contributed by atoms with Crippen LogP contribution in [0.25, 0.3) is 0 Å². The van der Waals surface area contributed by atoms with Gasteiger partial charge in [-0.1, -0.05) is 23.2 Å². The van der Waals surface area contributed by atoms with E-state index in [0.29, 0.717) is 9.21 Å². The molecule has 0 fully saturated rings. The molecule has 7 heteroatoms. The second kappa shape index (κ2) is 5.00. The van der Waals surface area contributed by atoms with Gasteiger partial charge in [0.2, 0.25) is 0 Å². The van der Waals surface area contributed by atoms with E-state index in [1.807, 2.05) is 0 Å². The Morgan fingerprint density at radius 3 is 2.76 bits per heavy atom. The summed E-state index contributed by atoms with van der Waals surface area (Å²) in [6.45, 7) is -0.118. The third-order valence-electron chi connectivity index (χ3n) is 1.98. The molecule has 0 spiro atoms. The average Bonchev–Trinajstić information content (AvgIpc) is 2.69. The zero-order valence-electron chi connectivity index (χ0n) is 8.39. The molecule has 4 nitrogen and oxygen atoms in total. The molecule has 0 saturated carbocycles. The SMILES string of the molecule is O=C(Cn1ncc(Cl)cc1=O)c1ccc(Cl)s1. The highest BCUT2D eigenvalue weighted by Gasteiger charge is 2.11. The zero-order chi connectivity index (χ0) is 12.4. The van der Waals surface area contributed by atoms with Gasteiger partial charge in [-0.05, 0) is 12.1 Å². The van der Waals surface area contributed by atoms with Crippen LogP contribution < -0.4 is 5.56 Å². The third kappa shape index (κ3) is 2.94. The number of thiophene rings is 1. The van der Waals surface area contributed by atoms with Crippen LogP contribution in [0.5, 0.6) is 0 Å². The summed E-state index contributed by atoms with van der Waals surface area (Å²) in [5.74, 6) is -0.209. The number of carbonyl (C=O) groups is 1. The predicted octanol–water partition coefficient (Wildman–Crippen LogP) is 2.49. The van der Waals surface area contributed by atoms with Crippen molar-refractivity contribution in [3.05, 3.63) is 49.0 Å². The molecule has 0 aliphatic carbocycles. The Bertz CT molecular complexity index is 621. The van der Waals surface area contributed by atoms with Crippen molar-refractivity contribution in [3.63, 3.8) is 0 Å². The van der Waals surface area contributed by atoms with Crippen molar-refractivity contribution in [3.8, 4) is 0 Å². The highest BCUT2D eigenvalue weighted by Crippen LogP contribution is 2.21. The number of ketones is 1. The molecule has 17 heavy (non-hydrogen) atoms. The highest BCUT2D eigenvalue weighted by molar-refractivity contribution is 7.18. The Hall–Kier alpha value is -1.17. The second-order valence-corrected chi connectivity index (χ2v) is 5.35. The topological polar surface area (TPSA) is 52.0 Å². The fraction of sp³-hybridized carbons (Fsp3) is 0.100. The molecule has 2 heterocycles. The summed E-state index contributed by atoms with van der Waals surface area (Å²) >= 11 is 12.5. The molecule has 2 aromatic heterocycles. The van der Waals surface area contributed by atoms with Gasteiger partial charge in [-0.2, -0.15) is 5.10 Å². The Kier molecular flexibility index (Phi) is 3.61. The van der Waals surface area contributed by atoms with Gasteiger partial charge in [0.05, 0.1) is 20.4 Å². The molecular formula is C10H6Cl2N2O2S. The fourth-order valence-electron chi connectivity index (χ4n) is 1.21. The number of rotatable bonds is 3. The predicted molar refractivity (Wildman–Crippen MR) is 67.2 cm³/mol. The first-order valence-corrected chi connectivity index (χ1v) is 6.15. The van der Waals surface area contributed by atoms with E-state index in [-0.39, 0.29) is 17.4 Å². The number of Topliss-reactive ketones (excluding diaryl/α,β-unsaturated/α-hetero) is 1. The van der Waals surface area contributed by atoms with E-state index >= 15 is 0 Å². The first-order chi connectivity index (χ1) is 8.06. The van der Waals surface area contributed by atoms with Crippen LogP contribution in [0, 0.1) is 0 Å². The van der Waals surface area contributed by atoms with Crippen molar-refractivity contribution in [1.29, 1.82) is 0 Å². The van der Waals surface area contributed by atoms with Crippen LogP contribution in [-0.4, -0.2) is 15.6 Å². The van der Waals surface area contributed by atoms with Gasteiger partial charge in [-0.25, -0.2) is 4.68 Å². The summed E-state index contributed by atoms with van der Waals surface area (Å²) in [5.41, 5.74) is -0.409. The molecular weight excluding hydrogens is 283 g/mol. The molecule has 2 rings (SSSR count). The zero-order valence-corrected chi connectivity index (χ0v) is 10.7. The van der Waals surface area contributed by atoms with Gasteiger partial charge in [-0.3, -0.25) is 9.59 Å². The summed E-state index contributed by atoms with van der Waals surface area (Å²) in [7, 11) is 0. The van der Waals surface area contributed by atoms with Gasteiger partial charge >= 0.3 is 0 Å². The lowest BCUT2D eigenvalue weighted by Gasteiger charge is -2.01. The Morgan fingerprint density at radius 1 is 1.41 bits per heavy atom. The van der Waals surface area contributed by atoms with E-state index in [4.69, 9.17) is 23.2 Å². The molecule has 0 N–H and O–H groups in total. The lowest BCUT2D eigenvalue weighted by atomic mass is 10.3. The number of nitrogens with zero attached hydrogens (tertiary/aromatic N) is 2. The number of carbonyl (C=O) groups excluding carboxylic acids is 1. The maximum absolute atomic E-state index is 11.8. The Labute approximate surface area is 110 Å². The Morgan fingerprint density at radius 2 is 2.18 bits per heavy atom. The number of hydrogen-bond acceptors (Lipinski definition) is 4. The first-order valence-electron chi connectivity index (χ1n) is 4.57. The van der Waals surface area contributed by atoms with Gasteiger partial charge in [0.1, 0.15) is 6.54 Å². The van der Waals surface area contributed by atoms with Gasteiger partial charge in [0.15, 0.2) is 5.78 Å². The summed E-state index contributed by atoms with van der Waals surface area (Å²) in [6.07, 6.45) is 1.32. The molecule has 0 saturated heterocycles. The first kappa shape index (κ1) is 12.3. The van der Waals surface area contributed by atoms with Gasteiger partial charge in [0.25, 0.3) is 5.56 Å². The molecule has 0 amide bonds. The maximum atomic E-state index is 11.8. The monoisotopic (exact) mass is 288 g/mol. The van der Waals surface area contributed by atoms with E-state index < -0.39 is 5.56 Å². The van der Waals surface area contributed by atoms with Crippen LogP contribution in [0.2, 0.25) is 9.36 Å². The van der Waals surface area contributed by atoms with Crippen LogP contribution in [0.3, 0.4) is 0 Å². The molecule has 0 unspecified atom stereocenters. The van der Waals surface area contributed by atoms with Crippen LogP contribution in [0.4, 0.5) is 0 Å². The minimum atomic E-state index is -0.409. The molecule has 0 bridgehead atoms. The van der Waals surface area contributed by atoms with Crippen molar-refractivity contribution < 1.29 is 4.79 Å². The quantitative estimate of drug-likeness (QED) is 0.816. The fourth-order valence-corrected chi connectivity index (χ4v) is 2.32. The number of hydrogen-bond donors (Lipinski definition) is 0. The maximum Gasteiger partial charge on any atom is 0.268 e. The van der Waals surface area contributed by atoms with E-state index in [9.17, 15) is 9.59 Å². The molecule has 0 atom stereocenters. The lowest BCUT2D eigenvalue weighted by Crippen LogP contribution is -2.25. The minimum Gasteiger partial charge on any atom is -0.291 e. The molecule has 0 radical (unpaired) electrons. The minimum absolute atomic E-state index is 0.118. The van der Waals surface area contributed by atoms with Crippen molar-refractivity contribution in [1.82, 2.24) is 9.78 Å². The summed E-state index contributed by atoms with van der Waals surface area (Å²) in [4.78, 5) is 23.7. The normalized spacial score (nSPS) is 10.5. The van der Waals surface area contributed by atoms with Crippen molar-refractivity contribution >= 4 is 40.3 Å². The van der Waals surface area contributed by atoms with Gasteiger partial charge in [0, 0.05) is 6.07 Å². The molecule has 0 aliphatic rings. The Balaban J connectivity index is 2.21. The summed E-state index contributed by atoms with van der Waals surface area (Å²) in [6, 6.07) is 4.47. The van der Waals surface area contributed by atoms with E-state index in [2.05, 4.69) is 5.10 Å². The summed E-state index contributed by atoms with van der Waals surface area (Å²) < 4.78 is 1.59. The van der Waals surface area contributed by atoms with Gasteiger partial charge in [-0.15, -0.1) is 11.3 Å². The lowest BCUT2D eigenvalue weighted by molar-refractivity contribution is 0.0969. The molecule has 2 aromatic rings. The molecule has 88 valence electrons. The summed E-state index contributed by atoms with van der Waals surface area (Å²) in [5, 5.41) is 4.02. The second-order valence-electron chi connectivity index (χ2n) is 3.20. The number of halogens is 2. The van der Waals surface area contributed by atoms with Crippen LogP contribution in [0.1, 0.15) is 9.67 Å². The molecule has 0 aliphatic heterocycles. The molecule has 0 aromatic carbocycles. The van der Waals surface area contributed by atoms with Crippen LogP contribution in [0.15, 0.2) is 29.2 Å². The van der Waals surface area contributed by atoms with Gasteiger partial charge < -0.3 is 0 Å². The van der Waals surface area contributed by atoms with E-state index in [0.717, 1.165) is 4.68 Å². The third-order valence-corrected chi connectivity index (χ3v) is 3.46.